The lowest BCUT2D eigenvalue weighted by atomic mass is 9.74. The third-order valence-corrected chi connectivity index (χ3v) is 7.02. The number of carbonyl (C=O) groups is 2. The number of esters is 1. The van der Waals surface area contributed by atoms with E-state index in [0.717, 1.165) is 37.3 Å². The van der Waals surface area contributed by atoms with Gasteiger partial charge in [-0.3, -0.25) is 4.79 Å². The molecule has 1 atom stereocenters. The molecule has 0 bridgehead atoms. The van der Waals surface area contributed by atoms with Gasteiger partial charge in [0.15, 0.2) is 11.5 Å². The van der Waals surface area contributed by atoms with Crippen molar-refractivity contribution in [2.75, 3.05) is 25.1 Å². The second-order valence-corrected chi connectivity index (χ2v) is 9.08. The zero-order valence-electron chi connectivity index (χ0n) is 19.7. The molecule has 5 rings (SSSR count). The van der Waals surface area contributed by atoms with Crippen molar-refractivity contribution in [3.63, 3.8) is 0 Å². The summed E-state index contributed by atoms with van der Waals surface area (Å²) in [7, 11) is 1.31. The lowest BCUT2D eigenvalue weighted by molar-refractivity contribution is -0.142. The fourth-order valence-electron chi connectivity index (χ4n) is 5.04. The van der Waals surface area contributed by atoms with Crippen molar-refractivity contribution >= 4 is 23.8 Å². The number of ether oxygens (including phenoxy) is 1. The largest absolute Gasteiger partial charge is 0.467 e. The molecule has 2 aliphatic rings. The van der Waals surface area contributed by atoms with Crippen LogP contribution in [0.25, 0.3) is 6.08 Å². The molecular weight excluding hydrogens is 440 g/mol. The summed E-state index contributed by atoms with van der Waals surface area (Å²) in [6.45, 7) is 1.72. The fraction of sp³-hybridized carbons (Fsp3) is 0.286. The van der Waals surface area contributed by atoms with Crippen molar-refractivity contribution in [2.24, 2.45) is 0 Å². The van der Waals surface area contributed by atoms with E-state index in [1.165, 1.54) is 18.2 Å². The van der Waals surface area contributed by atoms with Crippen LogP contribution in [-0.4, -0.2) is 48.3 Å². The number of carbonyl (C=O) groups excluding carboxylic acids is 2. The normalized spacial score (nSPS) is 16.5. The molecule has 1 aliphatic carbocycles. The standard InChI is InChI=1S/C28H28N4O3/c1-35-27(34)24(19-20-7-3-2-4-8-20)29-26(33)23-11-12-25(31-30-23)32-17-15-28(16-18-32)14-13-21-9-5-6-10-22(21)28/h2-14,24H,15-19H2,1H3,(H,29,33). The van der Waals surface area contributed by atoms with Crippen LogP contribution >= 0.6 is 0 Å². The van der Waals surface area contributed by atoms with E-state index in [0.29, 0.717) is 6.42 Å². The second kappa shape index (κ2) is 9.70. The summed E-state index contributed by atoms with van der Waals surface area (Å²) in [5.74, 6) is -0.210. The van der Waals surface area contributed by atoms with Crippen LogP contribution in [0.3, 0.4) is 0 Å². The number of rotatable bonds is 6. The van der Waals surface area contributed by atoms with Gasteiger partial charge in [-0.1, -0.05) is 66.7 Å². The van der Waals surface area contributed by atoms with Crippen LogP contribution < -0.4 is 10.2 Å². The Morgan fingerprint density at radius 1 is 1.00 bits per heavy atom. The first-order valence-corrected chi connectivity index (χ1v) is 11.9. The monoisotopic (exact) mass is 468 g/mol. The second-order valence-electron chi connectivity index (χ2n) is 9.08. The molecule has 2 aromatic carbocycles. The maximum absolute atomic E-state index is 12.8. The molecule has 2 heterocycles. The van der Waals surface area contributed by atoms with Gasteiger partial charge in [0.25, 0.3) is 5.91 Å². The summed E-state index contributed by atoms with van der Waals surface area (Å²) in [5, 5.41) is 11.2. The maximum Gasteiger partial charge on any atom is 0.328 e. The summed E-state index contributed by atoms with van der Waals surface area (Å²) < 4.78 is 4.88. The van der Waals surface area contributed by atoms with Crippen molar-refractivity contribution < 1.29 is 14.3 Å². The molecule has 1 spiro atoms. The number of benzene rings is 2. The maximum atomic E-state index is 12.8. The van der Waals surface area contributed by atoms with Gasteiger partial charge in [-0.15, -0.1) is 10.2 Å². The number of piperidine rings is 1. The Bertz CT molecular complexity index is 1230. The molecule has 1 amide bonds. The number of aromatic nitrogens is 2. The molecule has 3 aromatic rings. The van der Waals surface area contributed by atoms with E-state index in [2.05, 4.69) is 56.8 Å². The highest BCUT2D eigenvalue weighted by molar-refractivity contribution is 5.95. The fourth-order valence-corrected chi connectivity index (χ4v) is 5.04. The van der Waals surface area contributed by atoms with E-state index in [-0.39, 0.29) is 11.1 Å². The van der Waals surface area contributed by atoms with E-state index >= 15 is 0 Å². The van der Waals surface area contributed by atoms with E-state index in [4.69, 9.17) is 4.74 Å². The lowest BCUT2D eigenvalue weighted by Crippen LogP contribution is -2.43. The van der Waals surface area contributed by atoms with E-state index in [1.807, 2.05) is 36.4 Å². The van der Waals surface area contributed by atoms with Gasteiger partial charge in [0.2, 0.25) is 0 Å². The van der Waals surface area contributed by atoms with Crippen LogP contribution in [0, 0.1) is 0 Å². The molecule has 1 N–H and O–H groups in total. The van der Waals surface area contributed by atoms with Crippen LogP contribution in [0.2, 0.25) is 0 Å². The first-order chi connectivity index (χ1) is 17.1. The first-order valence-electron chi connectivity index (χ1n) is 11.9. The molecule has 1 aliphatic heterocycles. The highest BCUT2D eigenvalue weighted by Crippen LogP contribution is 2.44. The smallest absolute Gasteiger partial charge is 0.328 e. The van der Waals surface area contributed by atoms with Crippen molar-refractivity contribution in [2.45, 2.75) is 30.7 Å². The number of fused-ring (bicyclic) bond motifs is 2. The number of amides is 1. The number of methoxy groups -OCH3 is 1. The Morgan fingerprint density at radius 3 is 2.46 bits per heavy atom. The minimum absolute atomic E-state index is 0.0992. The minimum Gasteiger partial charge on any atom is -0.467 e. The molecular formula is C28H28N4O3. The zero-order valence-corrected chi connectivity index (χ0v) is 19.7. The third-order valence-electron chi connectivity index (χ3n) is 7.02. The molecule has 1 aromatic heterocycles. The van der Waals surface area contributed by atoms with Crippen LogP contribution in [0.5, 0.6) is 0 Å². The van der Waals surface area contributed by atoms with Crippen LogP contribution in [-0.2, 0) is 21.4 Å². The van der Waals surface area contributed by atoms with Gasteiger partial charge < -0.3 is 15.0 Å². The Labute approximate surface area is 204 Å². The van der Waals surface area contributed by atoms with Gasteiger partial charge in [0.1, 0.15) is 6.04 Å². The molecule has 0 saturated carbocycles. The number of hydrogen-bond donors (Lipinski definition) is 1. The van der Waals surface area contributed by atoms with Gasteiger partial charge in [0.05, 0.1) is 7.11 Å². The highest BCUT2D eigenvalue weighted by atomic mass is 16.5. The molecule has 1 saturated heterocycles. The average molecular weight is 469 g/mol. The summed E-state index contributed by atoms with van der Waals surface area (Å²) in [6.07, 6.45) is 6.92. The Morgan fingerprint density at radius 2 is 1.74 bits per heavy atom. The number of anilines is 1. The zero-order chi connectivity index (χ0) is 24.3. The van der Waals surface area contributed by atoms with Gasteiger partial charge in [-0.2, -0.15) is 0 Å². The SMILES string of the molecule is COC(=O)C(Cc1ccccc1)NC(=O)c1ccc(N2CCC3(C=Cc4ccccc43)CC2)nn1. The predicted octanol–water partition coefficient (Wildman–Crippen LogP) is 3.56. The van der Waals surface area contributed by atoms with Crippen molar-refractivity contribution in [1.29, 1.82) is 0 Å². The number of nitrogens with zero attached hydrogens (tertiary/aromatic N) is 3. The summed E-state index contributed by atoms with van der Waals surface area (Å²) in [5.41, 5.74) is 3.91. The van der Waals surface area contributed by atoms with Crippen LogP contribution in [0.1, 0.15) is 40.0 Å². The van der Waals surface area contributed by atoms with E-state index < -0.39 is 17.9 Å². The third kappa shape index (κ3) is 4.67. The first kappa shape index (κ1) is 22.8. The number of hydrogen-bond acceptors (Lipinski definition) is 6. The van der Waals surface area contributed by atoms with E-state index in [1.54, 1.807) is 6.07 Å². The van der Waals surface area contributed by atoms with E-state index in [9.17, 15) is 9.59 Å². The van der Waals surface area contributed by atoms with Gasteiger partial charge in [-0.05, 0) is 41.7 Å². The predicted molar refractivity (Wildman–Crippen MR) is 134 cm³/mol. The number of nitrogens with one attached hydrogen (secondary N) is 1. The molecule has 1 unspecified atom stereocenters. The topological polar surface area (TPSA) is 84.4 Å². The van der Waals surface area contributed by atoms with Gasteiger partial charge in [-0.25, -0.2) is 4.79 Å². The van der Waals surface area contributed by atoms with Crippen molar-refractivity contribution in [3.05, 3.63) is 95.2 Å². The molecule has 7 nitrogen and oxygen atoms in total. The quantitative estimate of drug-likeness (QED) is 0.557. The molecule has 1 fully saturated rings. The van der Waals surface area contributed by atoms with Crippen molar-refractivity contribution in [3.8, 4) is 0 Å². The summed E-state index contributed by atoms with van der Waals surface area (Å²) >= 11 is 0. The lowest BCUT2D eigenvalue weighted by Gasteiger charge is -2.39. The Kier molecular flexibility index (Phi) is 6.31. The molecule has 0 radical (unpaired) electrons. The molecule has 7 heteroatoms. The van der Waals surface area contributed by atoms with Gasteiger partial charge >= 0.3 is 5.97 Å². The molecule has 35 heavy (non-hydrogen) atoms. The summed E-state index contributed by atoms with van der Waals surface area (Å²) in [6, 6.07) is 20.8. The van der Waals surface area contributed by atoms with Crippen LogP contribution in [0.15, 0.2) is 72.8 Å². The highest BCUT2D eigenvalue weighted by Gasteiger charge is 2.38. The number of allylic oxidation sites excluding steroid dienone is 1. The average Bonchev–Trinajstić information content (AvgIpc) is 3.27. The Hall–Kier alpha value is -4.00. The minimum atomic E-state index is -0.808. The van der Waals surface area contributed by atoms with Gasteiger partial charge in [0, 0.05) is 24.9 Å². The summed E-state index contributed by atoms with van der Waals surface area (Å²) in [4.78, 5) is 27.2. The van der Waals surface area contributed by atoms with Crippen LogP contribution in [0.4, 0.5) is 5.82 Å². The Balaban J connectivity index is 1.22. The molecule has 178 valence electrons. The van der Waals surface area contributed by atoms with Crippen molar-refractivity contribution in [1.82, 2.24) is 15.5 Å².